The summed E-state index contributed by atoms with van der Waals surface area (Å²) in [6.45, 7) is 4.96. The summed E-state index contributed by atoms with van der Waals surface area (Å²) in [7, 11) is 0. The van der Waals surface area contributed by atoms with Gasteiger partial charge < -0.3 is 15.7 Å². The summed E-state index contributed by atoms with van der Waals surface area (Å²) in [5.74, 6) is -1.18. The van der Waals surface area contributed by atoms with Crippen molar-refractivity contribution in [2.24, 2.45) is 0 Å². The smallest absolute Gasteiger partial charge is 0.358 e. The summed E-state index contributed by atoms with van der Waals surface area (Å²) in [5, 5.41) is 21.4. The number of hydrogen-bond donors (Lipinski definition) is 3. The second-order valence-electron chi connectivity index (χ2n) is 4.07. The normalized spacial score (nSPS) is 10.6. The van der Waals surface area contributed by atoms with Crippen molar-refractivity contribution in [3.8, 4) is 0 Å². The van der Waals surface area contributed by atoms with Gasteiger partial charge in [0, 0.05) is 12.6 Å². The van der Waals surface area contributed by atoms with E-state index in [1.807, 2.05) is 13.8 Å². The third-order valence-electron chi connectivity index (χ3n) is 2.01. The van der Waals surface area contributed by atoms with Gasteiger partial charge in [0.2, 0.25) is 5.91 Å². The van der Waals surface area contributed by atoms with Gasteiger partial charge in [0.25, 0.3) is 0 Å². The van der Waals surface area contributed by atoms with Gasteiger partial charge in [-0.15, -0.1) is 5.10 Å². The lowest BCUT2D eigenvalue weighted by Gasteiger charge is -2.08. The Labute approximate surface area is 104 Å². The van der Waals surface area contributed by atoms with Gasteiger partial charge in [0.1, 0.15) is 0 Å². The van der Waals surface area contributed by atoms with Crippen molar-refractivity contribution in [2.75, 3.05) is 13.1 Å². The van der Waals surface area contributed by atoms with Crippen LogP contribution in [-0.2, 0) is 11.3 Å². The molecule has 1 amide bonds. The van der Waals surface area contributed by atoms with Crippen LogP contribution in [0.1, 0.15) is 24.3 Å². The van der Waals surface area contributed by atoms with Crippen molar-refractivity contribution in [1.82, 2.24) is 25.6 Å². The highest BCUT2D eigenvalue weighted by atomic mass is 16.4. The van der Waals surface area contributed by atoms with E-state index in [2.05, 4.69) is 20.9 Å². The fourth-order valence-corrected chi connectivity index (χ4v) is 1.27. The number of aromatic carboxylic acids is 1. The fraction of sp³-hybridized carbons (Fsp3) is 0.600. The molecule has 8 heteroatoms. The molecule has 0 saturated carbocycles. The van der Waals surface area contributed by atoms with Crippen LogP contribution in [0.25, 0.3) is 0 Å². The van der Waals surface area contributed by atoms with E-state index in [0.29, 0.717) is 13.1 Å². The largest absolute Gasteiger partial charge is 0.476 e. The minimum absolute atomic E-state index is 0.0742. The Hall–Kier alpha value is -1.96. The quantitative estimate of drug-likeness (QED) is 0.544. The lowest BCUT2D eigenvalue weighted by molar-refractivity contribution is -0.120. The highest BCUT2D eigenvalue weighted by Gasteiger charge is 2.07. The summed E-state index contributed by atoms with van der Waals surface area (Å²) < 4.78 is 1.41. The zero-order chi connectivity index (χ0) is 13.5. The number of carboxylic acid groups (broad SMARTS) is 1. The Bertz CT molecular complexity index is 415. The summed E-state index contributed by atoms with van der Waals surface area (Å²) in [6, 6.07) is 0.118. The van der Waals surface area contributed by atoms with E-state index in [-0.39, 0.29) is 24.2 Å². The molecule has 0 aliphatic heterocycles. The van der Waals surface area contributed by atoms with Crippen LogP contribution in [0.3, 0.4) is 0 Å². The second kappa shape index (κ2) is 6.70. The Kier molecular flexibility index (Phi) is 5.25. The highest BCUT2D eigenvalue weighted by molar-refractivity contribution is 5.84. The molecule has 3 N–H and O–H groups in total. The molecule has 0 unspecified atom stereocenters. The Morgan fingerprint density at radius 1 is 1.50 bits per heavy atom. The van der Waals surface area contributed by atoms with Gasteiger partial charge >= 0.3 is 5.97 Å². The minimum Gasteiger partial charge on any atom is -0.476 e. The maximum absolute atomic E-state index is 11.3. The van der Waals surface area contributed by atoms with E-state index < -0.39 is 5.97 Å². The van der Waals surface area contributed by atoms with Crippen molar-refractivity contribution in [3.63, 3.8) is 0 Å². The molecule has 100 valence electrons. The molecule has 1 heterocycles. The fourth-order valence-electron chi connectivity index (χ4n) is 1.27. The van der Waals surface area contributed by atoms with Crippen LogP contribution in [0.5, 0.6) is 0 Å². The van der Waals surface area contributed by atoms with E-state index >= 15 is 0 Å². The molecule has 0 saturated heterocycles. The van der Waals surface area contributed by atoms with Crippen LogP contribution in [0.15, 0.2) is 6.20 Å². The molecule has 0 radical (unpaired) electrons. The molecule has 1 rings (SSSR count). The number of carbonyl (C=O) groups is 2. The van der Waals surface area contributed by atoms with Crippen LogP contribution in [0.4, 0.5) is 0 Å². The predicted molar refractivity (Wildman–Crippen MR) is 63.1 cm³/mol. The Morgan fingerprint density at radius 3 is 2.78 bits per heavy atom. The molecule has 0 bridgehead atoms. The standard InChI is InChI=1S/C10H17N5O3/c1-7(2)12-9(16)5-11-3-4-15-6-8(10(17)18)13-14-15/h6-7,11H,3-5H2,1-2H3,(H,12,16)(H,17,18). The maximum Gasteiger partial charge on any atom is 0.358 e. The van der Waals surface area contributed by atoms with Crippen LogP contribution in [0.2, 0.25) is 0 Å². The van der Waals surface area contributed by atoms with Crippen LogP contribution in [0, 0.1) is 0 Å². The molecule has 1 aromatic heterocycles. The first-order valence-electron chi connectivity index (χ1n) is 5.62. The van der Waals surface area contributed by atoms with Crippen molar-refractivity contribution in [3.05, 3.63) is 11.9 Å². The third-order valence-corrected chi connectivity index (χ3v) is 2.01. The number of nitrogens with one attached hydrogen (secondary N) is 2. The van der Waals surface area contributed by atoms with Crippen molar-refractivity contribution < 1.29 is 14.7 Å². The van der Waals surface area contributed by atoms with E-state index in [0.717, 1.165) is 0 Å². The number of nitrogens with zero attached hydrogens (tertiary/aromatic N) is 3. The second-order valence-corrected chi connectivity index (χ2v) is 4.07. The number of rotatable bonds is 7. The number of carboxylic acids is 1. The molecule has 0 spiro atoms. The van der Waals surface area contributed by atoms with E-state index in [9.17, 15) is 9.59 Å². The topological polar surface area (TPSA) is 109 Å². The summed E-state index contributed by atoms with van der Waals surface area (Å²) >= 11 is 0. The predicted octanol–water partition coefficient (Wildman–Crippen LogP) is -0.909. The molecule has 0 fully saturated rings. The van der Waals surface area contributed by atoms with E-state index in [1.165, 1.54) is 10.9 Å². The van der Waals surface area contributed by atoms with Crippen molar-refractivity contribution in [2.45, 2.75) is 26.4 Å². The van der Waals surface area contributed by atoms with Crippen molar-refractivity contribution >= 4 is 11.9 Å². The van der Waals surface area contributed by atoms with E-state index in [4.69, 9.17) is 5.11 Å². The molecule has 0 aliphatic carbocycles. The monoisotopic (exact) mass is 255 g/mol. The third kappa shape index (κ3) is 4.91. The molecular weight excluding hydrogens is 238 g/mol. The summed E-state index contributed by atoms with van der Waals surface area (Å²) in [4.78, 5) is 21.8. The Morgan fingerprint density at radius 2 is 2.22 bits per heavy atom. The Balaban J connectivity index is 2.21. The van der Waals surface area contributed by atoms with Gasteiger partial charge in [-0.2, -0.15) is 0 Å². The van der Waals surface area contributed by atoms with Gasteiger partial charge in [-0.3, -0.25) is 9.48 Å². The lowest BCUT2D eigenvalue weighted by atomic mass is 10.4. The minimum atomic E-state index is -1.11. The molecule has 0 aliphatic rings. The number of carbonyl (C=O) groups excluding carboxylic acids is 1. The first kappa shape index (κ1) is 14.1. The molecular formula is C10H17N5O3. The number of amides is 1. The zero-order valence-corrected chi connectivity index (χ0v) is 10.4. The molecule has 0 aromatic carbocycles. The van der Waals surface area contributed by atoms with Crippen LogP contribution < -0.4 is 10.6 Å². The SMILES string of the molecule is CC(C)NC(=O)CNCCn1cc(C(=O)O)nn1. The van der Waals surface area contributed by atoms with Crippen LogP contribution in [-0.4, -0.2) is 51.1 Å². The van der Waals surface area contributed by atoms with Gasteiger partial charge in [-0.05, 0) is 13.8 Å². The summed E-state index contributed by atoms with van der Waals surface area (Å²) in [6.07, 6.45) is 1.35. The lowest BCUT2D eigenvalue weighted by Crippen LogP contribution is -2.38. The first-order chi connectivity index (χ1) is 8.49. The van der Waals surface area contributed by atoms with Gasteiger partial charge in [0.05, 0.1) is 19.3 Å². The first-order valence-corrected chi connectivity index (χ1v) is 5.62. The number of hydrogen-bond acceptors (Lipinski definition) is 5. The van der Waals surface area contributed by atoms with Gasteiger partial charge in [0.15, 0.2) is 5.69 Å². The molecule has 18 heavy (non-hydrogen) atoms. The van der Waals surface area contributed by atoms with Crippen molar-refractivity contribution in [1.29, 1.82) is 0 Å². The molecule has 1 aromatic rings. The average molecular weight is 255 g/mol. The summed E-state index contributed by atoms with van der Waals surface area (Å²) in [5.41, 5.74) is -0.0902. The molecule has 0 atom stereocenters. The van der Waals surface area contributed by atoms with Gasteiger partial charge in [-0.1, -0.05) is 5.21 Å². The van der Waals surface area contributed by atoms with Crippen LogP contribution >= 0.6 is 0 Å². The number of aromatic nitrogens is 3. The van der Waals surface area contributed by atoms with Gasteiger partial charge in [-0.25, -0.2) is 4.79 Å². The molecule has 8 nitrogen and oxygen atoms in total. The maximum atomic E-state index is 11.3. The van der Waals surface area contributed by atoms with E-state index in [1.54, 1.807) is 0 Å². The average Bonchev–Trinajstić information content (AvgIpc) is 2.72. The zero-order valence-electron chi connectivity index (χ0n) is 10.4. The highest BCUT2D eigenvalue weighted by Crippen LogP contribution is 1.91.